The Labute approximate surface area is 223 Å². The number of hydrogen-bond donors (Lipinski definition) is 1. The Balaban J connectivity index is 1.51. The molecule has 1 unspecified atom stereocenters. The maximum absolute atomic E-state index is 13.6. The van der Waals surface area contributed by atoms with Crippen molar-refractivity contribution in [2.45, 2.75) is 24.8 Å². The molecule has 1 aliphatic rings. The van der Waals surface area contributed by atoms with E-state index in [1.165, 1.54) is 28.4 Å². The SMILES string of the molecule is O=C(c1cnccn1)N1CCN(C(=O)c2cc(C(F)(F)F)cc(C(F)(F)F)c2)C(Cc2c[nH]c3ccccc23)C1. The number of fused-ring (bicyclic) bond motifs is 1. The first-order valence-corrected chi connectivity index (χ1v) is 12.1. The smallest absolute Gasteiger partial charge is 0.361 e. The molecule has 5 rings (SSSR count). The number of carbonyl (C=O) groups is 2. The van der Waals surface area contributed by atoms with Crippen LogP contribution in [-0.4, -0.2) is 62.2 Å². The van der Waals surface area contributed by atoms with Gasteiger partial charge in [0.2, 0.25) is 0 Å². The summed E-state index contributed by atoms with van der Waals surface area (Å²) in [6, 6.07) is 7.41. The van der Waals surface area contributed by atoms with Crippen LogP contribution in [0.2, 0.25) is 0 Å². The molecule has 2 aromatic heterocycles. The molecule has 0 radical (unpaired) electrons. The number of aromatic nitrogens is 3. The maximum Gasteiger partial charge on any atom is 0.416 e. The predicted octanol–water partition coefficient (Wildman–Crippen LogP) is 5.21. The summed E-state index contributed by atoms with van der Waals surface area (Å²) in [4.78, 5) is 40.3. The van der Waals surface area contributed by atoms with Crippen molar-refractivity contribution in [2.24, 2.45) is 0 Å². The van der Waals surface area contributed by atoms with Crippen LogP contribution >= 0.6 is 0 Å². The largest absolute Gasteiger partial charge is 0.416 e. The van der Waals surface area contributed by atoms with E-state index in [1.807, 2.05) is 24.3 Å². The molecule has 40 heavy (non-hydrogen) atoms. The Hall–Kier alpha value is -4.42. The fourth-order valence-corrected chi connectivity index (χ4v) is 4.85. The molecule has 1 atom stereocenters. The Bertz CT molecular complexity index is 1520. The molecule has 0 bridgehead atoms. The fraction of sp³-hybridized carbons (Fsp3) is 0.259. The number of aromatic amines is 1. The molecule has 208 valence electrons. The summed E-state index contributed by atoms with van der Waals surface area (Å²) in [6.07, 6.45) is -4.24. The van der Waals surface area contributed by atoms with Gasteiger partial charge in [-0.1, -0.05) is 18.2 Å². The lowest BCUT2D eigenvalue weighted by atomic mass is 9.98. The monoisotopic (exact) mass is 561 g/mol. The average Bonchev–Trinajstić information content (AvgIpc) is 3.34. The van der Waals surface area contributed by atoms with Crippen molar-refractivity contribution < 1.29 is 35.9 Å². The van der Waals surface area contributed by atoms with Crippen LogP contribution in [0.5, 0.6) is 0 Å². The highest BCUT2D eigenvalue weighted by Gasteiger charge is 2.39. The number of benzene rings is 2. The van der Waals surface area contributed by atoms with Crippen LogP contribution in [0.4, 0.5) is 26.3 Å². The quantitative estimate of drug-likeness (QED) is 0.347. The normalized spacial score (nSPS) is 16.4. The van der Waals surface area contributed by atoms with Crippen LogP contribution in [0.15, 0.2) is 67.3 Å². The Morgan fingerprint density at radius 2 is 1.62 bits per heavy atom. The van der Waals surface area contributed by atoms with Crippen LogP contribution < -0.4 is 0 Å². The third-order valence-corrected chi connectivity index (χ3v) is 6.78. The lowest BCUT2D eigenvalue weighted by Gasteiger charge is -2.41. The number of piperazine rings is 1. The van der Waals surface area contributed by atoms with Gasteiger partial charge in [-0.15, -0.1) is 0 Å². The number of carbonyl (C=O) groups excluding carboxylic acids is 2. The third-order valence-electron chi connectivity index (χ3n) is 6.78. The van der Waals surface area contributed by atoms with Crippen molar-refractivity contribution in [1.29, 1.82) is 0 Å². The molecular formula is C27H21F6N5O2. The van der Waals surface area contributed by atoms with Gasteiger partial charge >= 0.3 is 12.4 Å². The summed E-state index contributed by atoms with van der Waals surface area (Å²) < 4.78 is 80.8. The standard InChI is InChI=1S/C27H21F6N5O2/c28-26(29,30)18-9-16(10-19(12-18)27(31,32)33)24(39)38-8-7-37(25(40)23-14-34-5-6-35-23)15-20(38)11-17-13-36-22-4-2-1-3-21(17)22/h1-6,9-10,12-14,20,36H,7-8,11,15H2. The van der Waals surface area contributed by atoms with Crippen LogP contribution in [-0.2, 0) is 18.8 Å². The van der Waals surface area contributed by atoms with Crippen molar-refractivity contribution in [2.75, 3.05) is 19.6 Å². The van der Waals surface area contributed by atoms with Crippen molar-refractivity contribution >= 4 is 22.7 Å². The van der Waals surface area contributed by atoms with Gasteiger partial charge < -0.3 is 14.8 Å². The number of H-pyrrole nitrogens is 1. The minimum Gasteiger partial charge on any atom is -0.361 e. The minimum absolute atomic E-state index is 0.00335. The molecule has 7 nitrogen and oxygen atoms in total. The third kappa shape index (κ3) is 5.49. The molecule has 1 N–H and O–H groups in total. The van der Waals surface area contributed by atoms with Gasteiger partial charge in [0.05, 0.1) is 23.4 Å². The van der Waals surface area contributed by atoms with E-state index in [9.17, 15) is 35.9 Å². The van der Waals surface area contributed by atoms with Gasteiger partial charge in [0, 0.05) is 54.7 Å². The van der Waals surface area contributed by atoms with Crippen molar-refractivity contribution in [3.63, 3.8) is 0 Å². The van der Waals surface area contributed by atoms with Gasteiger partial charge in [-0.05, 0) is 36.2 Å². The zero-order chi connectivity index (χ0) is 28.7. The van der Waals surface area contributed by atoms with E-state index in [4.69, 9.17) is 0 Å². The molecule has 1 saturated heterocycles. The van der Waals surface area contributed by atoms with Crippen molar-refractivity contribution in [1.82, 2.24) is 24.8 Å². The van der Waals surface area contributed by atoms with E-state index in [0.29, 0.717) is 12.1 Å². The Morgan fingerprint density at radius 3 is 2.27 bits per heavy atom. The highest BCUT2D eigenvalue weighted by Crippen LogP contribution is 2.37. The van der Waals surface area contributed by atoms with E-state index in [2.05, 4.69) is 15.0 Å². The number of amides is 2. The van der Waals surface area contributed by atoms with Crippen molar-refractivity contribution in [3.8, 4) is 0 Å². The second-order valence-electron chi connectivity index (χ2n) is 9.35. The number of hydrogen-bond acceptors (Lipinski definition) is 4. The first-order chi connectivity index (χ1) is 18.9. The van der Waals surface area contributed by atoms with Crippen LogP contribution in [0.3, 0.4) is 0 Å². The first kappa shape index (κ1) is 27.2. The summed E-state index contributed by atoms with van der Waals surface area (Å²) >= 11 is 0. The second-order valence-corrected chi connectivity index (χ2v) is 9.35. The lowest BCUT2D eigenvalue weighted by Crippen LogP contribution is -2.57. The summed E-state index contributed by atoms with van der Waals surface area (Å²) in [6.45, 7) is -0.141. The number of alkyl halides is 6. The number of rotatable bonds is 4. The topological polar surface area (TPSA) is 82.2 Å². The van der Waals surface area contributed by atoms with Crippen LogP contribution in [0, 0.1) is 0 Å². The fourth-order valence-electron chi connectivity index (χ4n) is 4.85. The van der Waals surface area contributed by atoms with Gasteiger partial charge in [0.25, 0.3) is 11.8 Å². The summed E-state index contributed by atoms with van der Waals surface area (Å²) in [7, 11) is 0. The summed E-state index contributed by atoms with van der Waals surface area (Å²) in [5.74, 6) is -1.45. The minimum atomic E-state index is -5.10. The van der Waals surface area contributed by atoms with E-state index >= 15 is 0 Å². The molecule has 0 saturated carbocycles. The van der Waals surface area contributed by atoms with E-state index in [-0.39, 0.29) is 37.8 Å². The van der Waals surface area contributed by atoms with Gasteiger partial charge in [0.1, 0.15) is 5.69 Å². The molecule has 13 heteroatoms. The molecule has 0 aliphatic carbocycles. The second kappa shape index (κ2) is 10.3. The molecule has 2 aromatic carbocycles. The highest BCUT2D eigenvalue weighted by atomic mass is 19.4. The molecule has 0 spiro atoms. The van der Waals surface area contributed by atoms with Gasteiger partial charge in [-0.25, -0.2) is 4.98 Å². The molecule has 1 aliphatic heterocycles. The van der Waals surface area contributed by atoms with Crippen LogP contribution in [0.25, 0.3) is 10.9 Å². The Kier molecular flexibility index (Phi) is 6.98. The van der Waals surface area contributed by atoms with Crippen molar-refractivity contribution in [3.05, 3.63) is 95.2 Å². The predicted molar refractivity (Wildman–Crippen MR) is 131 cm³/mol. The highest BCUT2D eigenvalue weighted by molar-refractivity contribution is 5.96. The number of para-hydroxylation sites is 1. The van der Waals surface area contributed by atoms with E-state index in [1.54, 1.807) is 6.20 Å². The number of nitrogens with one attached hydrogen (secondary N) is 1. The maximum atomic E-state index is 13.6. The van der Waals surface area contributed by atoms with E-state index < -0.39 is 46.9 Å². The molecule has 1 fully saturated rings. The lowest BCUT2D eigenvalue weighted by molar-refractivity contribution is -0.143. The summed E-state index contributed by atoms with van der Waals surface area (Å²) in [5.41, 5.74) is -2.23. The molecular weight excluding hydrogens is 540 g/mol. The molecule has 3 heterocycles. The zero-order valence-corrected chi connectivity index (χ0v) is 20.6. The molecule has 4 aromatic rings. The first-order valence-electron chi connectivity index (χ1n) is 12.1. The number of nitrogens with zero attached hydrogens (tertiary/aromatic N) is 4. The van der Waals surface area contributed by atoms with Crippen LogP contribution in [0.1, 0.15) is 37.5 Å². The van der Waals surface area contributed by atoms with Gasteiger partial charge in [-0.3, -0.25) is 14.6 Å². The zero-order valence-electron chi connectivity index (χ0n) is 20.6. The Morgan fingerprint density at radius 1 is 0.925 bits per heavy atom. The molecule has 2 amide bonds. The average molecular weight is 561 g/mol. The van der Waals surface area contributed by atoms with Gasteiger partial charge in [-0.2, -0.15) is 26.3 Å². The van der Waals surface area contributed by atoms with Gasteiger partial charge in [0.15, 0.2) is 0 Å². The summed E-state index contributed by atoms with van der Waals surface area (Å²) in [5, 5.41) is 0.839. The van der Waals surface area contributed by atoms with E-state index in [0.717, 1.165) is 16.5 Å². The number of halogens is 6.